The quantitative estimate of drug-likeness (QED) is 0.845. The maximum absolute atomic E-state index is 12.5. The van der Waals surface area contributed by atoms with Crippen LogP contribution in [0.25, 0.3) is 0 Å². The normalized spacial score (nSPS) is 17.8. The van der Waals surface area contributed by atoms with E-state index in [1.165, 1.54) is 25.0 Å². The van der Waals surface area contributed by atoms with Crippen LogP contribution in [0.15, 0.2) is 24.3 Å². The Kier molecular flexibility index (Phi) is 3.95. The van der Waals surface area contributed by atoms with E-state index >= 15 is 0 Å². The third-order valence-electron chi connectivity index (χ3n) is 3.56. The fourth-order valence-corrected chi connectivity index (χ4v) is 2.39. The molecule has 1 atom stereocenters. The van der Waals surface area contributed by atoms with Gasteiger partial charge in [-0.1, -0.05) is 12.1 Å². The lowest BCUT2D eigenvalue weighted by Gasteiger charge is -2.17. The van der Waals surface area contributed by atoms with E-state index in [0.717, 1.165) is 18.5 Å². The summed E-state index contributed by atoms with van der Waals surface area (Å²) >= 11 is 0. The second-order valence-electron chi connectivity index (χ2n) is 4.96. The van der Waals surface area contributed by atoms with Crippen LogP contribution in [-0.4, -0.2) is 13.6 Å². The molecule has 0 heterocycles. The predicted molar refractivity (Wildman–Crippen MR) is 65.5 cm³/mol. The number of benzene rings is 1. The molecule has 1 nitrogen and oxygen atoms in total. The van der Waals surface area contributed by atoms with Crippen LogP contribution in [0.1, 0.15) is 36.3 Å². The van der Waals surface area contributed by atoms with Gasteiger partial charge in [0.2, 0.25) is 0 Å². The van der Waals surface area contributed by atoms with Gasteiger partial charge in [-0.3, -0.25) is 0 Å². The molecule has 0 bridgehead atoms. The van der Waals surface area contributed by atoms with Crippen LogP contribution < -0.4 is 5.32 Å². The summed E-state index contributed by atoms with van der Waals surface area (Å²) in [6.07, 6.45) is -0.837. The van der Waals surface area contributed by atoms with Crippen molar-refractivity contribution in [2.24, 2.45) is 5.92 Å². The van der Waals surface area contributed by atoms with Crippen molar-refractivity contribution in [2.75, 3.05) is 13.6 Å². The molecule has 1 saturated carbocycles. The summed E-state index contributed by atoms with van der Waals surface area (Å²) in [5.41, 5.74) is 0.482. The summed E-state index contributed by atoms with van der Waals surface area (Å²) in [4.78, 5) is 0. The van der Waals surface area contributed by atoms with Crippen LogP contribution in [0.2, 0.25) is 0 Å². The van der Waals surface area contributed by atoms with E-state index in [9.17, 15) is 13.2 Å². The first-order valence-corrected chi connectivity index (χ1v) is 6.34. The minimum atomic E-state index is -4.24. The molecule has 1 aromatic rings. The number of rotatable bonds is 5. The van der Waals surface area contributed by atoms with Crippen molar-refractivity contribution < 1.29 is 13.2 Å². The Hall–Kier alpha value is -1.03. The van der Waals surface area contributed by atoms with Crippen molar-refractivity contribution in [3.8, 4) is 0 Å². The number of hydrogen-bond donors (Lipinski definition) is 1. The molecule has 18 heavy (non-hydrogen) atoms. The highest BCUT2D eigenvalue weighted by Crippen LogP contribution is 2.44. The Morgan fingerprint density at radius 3 is 2.28 bits per heavy atom. The molecule has 2 rings (SSSR count). The topological polar surface area (TPSA) is 12.0 Å². The maximum atomic E-state index is 12.5. The van der Waals surface area contributed by atoms with Crippen molar-refractivity contribution in [1.82, 2.24) is 5.32 Å². The van der Waals surface area contributed by atoms with Crippen molar-refractivity contribution in [1.29, 1.82) is 0 Å². The molecule has 0 aliphatic heterocycles. The molecule has 0 saturated heterocycles. The summed E-state index contributed by atoms with van der Waals surface area (Å²) in [6, 6.07) is 5.68. The summed E-state index contributed by atoms with van der Waals surface area (Å²) in [7, 11) is 1.90. The molecule has 1 aromatic carbocycles. The first-order chi connectivity index (χ1) is 8.52. The minimum absolute atomic E-state index is 0.403. The fraction of sp³-hybridized carbons (Fsp3) is 0.571. The Labute approximate surface area is 105 Å². The summed E-state index contributed by atoms with van der Waals surface area (Å²) in [5, 5.41) is 3.11. The molecule has 0 radical (unpaired) electrons. The van der Waals surface area contributed by atoms with Gasteiger partial charge in [0.25, 0.3) is 0 Å². The lowest BCUT2D eigenvalue weighted by molar-refractivity contribution is -0.137. The van der Waals surface area contributed by atoms with Gasteiger partial charge in [-0.2, -0.15) is 13.2 Å². The molecule has 1 aliphatic carbocycles. The molecular weight excluding hydrogens is 239 g/mol. The Morgan fingerprint density at radius 2 is 1.83 bits per heavy atom. The molecule has 1 fully saturated rings. The number of nitrogens with one attached hydrogen (secondary N) is 1. The Morgan fingerprint density at radius 1 is 1.22 bits per heavy atom. The van der Waals surface area contributed by atoms with E-state index in [0.29, 0.717) is 11.8 Å². The number of alkyl halides is 3. The average molecular weight is 257 g/mol. The van der Waals surface area contributed by atoms with Crippen LogP contribution in [0.4, 0.5) is 13.2 Å². The molecule has 1 aliphatic rings. The highest BCUT2D eigenvalue weighted by molar-refractivity contribution is 5.28. The molecule has 1 unspecified atom stereocenters. The number of hydrogen-bond acceptors (Lipinski definition) is 1. The van der Waals surface area contributed by atoms with Gasteiger partial charge in [0.15, 0.2) is 0 Å². The first-order valence-electron chi connectivity index (χ1n) is 6.34. The van der Waals surface area contributed by atoms with E-state index in [-0.39, 0.29) is 0 Å². The first kappa shape index (κ1) is 13.4. The zero-order valence-corrected chi connectivity index (χ0v) is 10.4. The van der Waals surface area contributed by atoms with Crippen LogP contribution in [0.3, 0.4) is 0 Å². The molecule has 0 aromatic heterocycles. The average Bonchev–Trinajstić information content (AvgIpc) is 3.13. The van der Waals surface area contributed by atoms with E-state index in [2.05, 4.69) is 5.32 Å². The lowest BCUT2D eigenvalue weighted by atomic mass is 9.90. The molecule has 1 N–H and O–H groups in total. The fourth-order valence-electron chi connectivity index (χ4n) is 2.39. The minimum Gasteiger partial charge on any atom is -0.320 e. The summed E-state index contributed by atoms with van der Waals surface area (Å²) < 4.78 is 37.5. The second kappa shape index (κ2) is 5.31. The summed E-state index contributed by atoms with van der Waals surface area (Å²) in [5.74, 6) is 1.06. The van der Waals surface area contributed by atoms with Crippen LogP contribution >= 0.6 is 0 Å². The van der Waals surface area contributed by atoms with Crippen molar-refractivity contribution in [2.45, 2.75) is 31.4 Å². The van der Waals surface area contributed by atoms with Crippen LogP contribution in [-0.2, 0) is 6.18 Å². The van der Waals surface area contributed by atoms with Crippen molar-refractivity contribution in [3.63, 3.8) is 0 Å². The molecular formula is C14H18F3N. The van der Waals surface area contributed by atoms with E-state index in [4.69, 9.17) is 0 Å². The zero-order valence-electron chi connectivity index (χ0n) is 10.4. The monoisotopic (exact) mass is 257 g/mol. The Balaban J connectivity index is 2.11. The maximum Gasteiger partial charge on any atom is 0.416 e. The van der Waals surface area contributed by atoms with Gasteiger partial charge in [-0.25, -0.2) is 0 Å². The van der Waals surface area contributed by atoms with Gasteiger partial charge in [0.1, 0.15) is 0 Å². The van der Waals surface area contributed by atoms with E-state index in [1.54, 1.807) is 12.1 Å². The van der Waals surface area contributed by atoms with Crippen LogP contribution in [0.5, 0.6) is 0 Å². The van der Waals surface area contributed by atoms with Gasteiger partial charge >= 0.3 is 6.18 Å². The second-order valence-corrected chi connectivity index (χ2v) is 4.96. The lowest BCUT2D eigenvalue weighted by Crippen LogP contribution is -2.14. The summed E-state index contributed by atoms with van der Waals surface area (Å²) in [6.45, 7) is 0.905. The third-order valence-corrected chi connectivity index (χ3v) is 3.56. The zero-order chi connectivity index (χ0) is 13.2. The smallest absolute Gasteiger partial charge is 0.320 e. The Bertz CT molecular complexity index is 379. The van der Waals surface area contributed by atoms with E-state index in [1.807, 2.05) is 7.05 Å². The van der Waals surface area contributed by atoms with Gasteiger partial charge in [0, 0.05) is 0 Å². The van der Waals surface area contributed by atoms with Crippen molar-refractivity contribution >= 4 is 0 Å². The van der Waals surface area contributed by atoms with Crippen molar-refractivity contribution in [3.05, 3.63) is 35.4 Å². The largest absolute Gasteiger partial charge is 0.416 e. The van der Waals surface area contributed by atoms with Gasteiger partial charge in [-0.05, 0) is 62.4 Å². The highest BCUT2D eigenvalue weighted by Gasteiger charge is 2.33. The molecule has 0 amide bonds. The molecule has 0 spiro atoms. The van der Waals surface area contributed by atoms with E-state index < -0.39 is 11.7 Å². The molecule has 100 valence electrons. The van der Waals surface area contributed by atoms with Gasteiger partial charge in [-0.15, -0.1) is 0 Å². The van der Waals surface area contributed by atoms with Gasteiger partial charge < -0.3 is 5.32 Å². The highest BCUT2D eigenvalue weighted by atomic mass is 19.4. The number of halogens is 3. The van der Waals surface area contributed by atoms with Gasteiger partial charge in [0.05, 0.1) is 5.56 Å². The molecule has 4 heteroatoms. The van der Waals surface area contributed by atoms with Crippen LogP contribution in [0, 0.1) is 5.92 Å². The SMILES string of the molecule is CNCCC(c1ccc(C(F)(F)F)cc1)C1CC1. The predicted octanol–water partition coefficient (Wildman–Crippen LogP) is 3.81. The third kappa shape index (κ3) is 3.25. The standard InChI is InChI=1S/C14H18F3N/c1-18-9-8-13(10-2-3-10)11-4-6-12(7-5-11)14(15,16)17/h4-7,10,13,18H,2-3,8-9H2,1H3.